The van der Waals surface area contributed by atoms with E-state index in [9.17, 15) is 14.9 Å². The molecule has 9 heteroatoms. The predicted octanol–water partition coefficient (Wildman–Crippen LogP) is 2.07. The molecule has 23 heavy (non-hydrogen) atoms. The molecule has 1 aliphatic heterocycles. The van der Waals surface area contributed by atoms with E-state index in [1.54, 1.807) is 27.8 Å². The van der Waals surface area contributed by atoms with Gasteiger partial charge in [-0.05, 0) is 33.6 Å². The molecule has 2 rings (SSSR count). The molecular formula is C14H22N4O5. The van der Waals surface area contributed by atoms with Crippen molar-refractivity contribution in [3.8, 4) is 0 Å². The number of hydrogen-bond donors (Lipinski definition) is 1. The van der Waals surface area contributed by atoms with Gasteiger partial charge in [0.25, 0.3) is 0 Å². The highest BCUT2D eigenvalue weighted by molar-refractivity contribution is 5.67. The maximum absolute atomic E-state index is 11.6. The van der Waals surface area contributed by atoms with Gasteiger partial charge in [0, 0.05) is 13.6 Å². The van der Waals surface area contributed by atoms with Gasteiger partial charge in [-0.2, -0.15) is 5.10 Å². The summed E-state index contributed by atoms with van der Waals surface area (Å²) < 4.78 is 12.4. The van der Waals surface area contributed by atoms with Gasteiger partial charge in [0.15, 0.2) is 0 Å². The maximum Gasteiger partial charge on any atom is 0.407 e. The average molecular weight is 326 g/mol. The smallest absolute Gasteiger partial charge is 0.407 e. The van der Waals surface area contributed by atoms with Gasteiger partial charge >= 0.3 is 11.8 Å². The van der Waals surface area contributed by atoms with Crippen molar-refractivity contribution in [2.24, 2.45) is 7.05 Å². The Labute approximate surface area is 134 Å². The monoisotopic (exact) mass is 326 g/mol. The van der Waals surface area contributed by atoms with Gasteiger partial charge in [-0.1, -0.05) is 0 Å². The Morgan fingerprint density at radius 1 is 1.57 bits per heavy atom. The fourth-order valence-corrected chi connectivity index (χ4v) is 2.52. The van der Waals surface area contributed by atoms with Crippen molar-refractivity contribution in [1.82, 2.24) is 15.1 Å². The van der Waals surface area contributed by atoms with Gasteiger partial charge in [0.2, 0.25) is 0 Å². The summed E-state index contributed by atoms with van der Waals surface area (Å²) in [6.45, 7) is 5.67. The number of hydrogen-bond acceptors (Lipinski definition) is 6. The van der Waals surface area contributed by atoms with Gasteiger partial charge in [-0.25, -0.2) is 4.79 Å². The summed E-state index contributed by atoms with van der Waals surface area (Å²) >= 11 is 0. The van der Waals surface area contributed by atoms with E-state index in [1.807, 2.05) is 0 Å². The van der Waals surface area contributed by atoms with E-state index in [-0.39, 0.29) is 11.8 Å². The number of aromatic nitrogens is 2. The minimum atomic E-state index is -0.557. The highest BCUT2D eigenvalue weighted by atomic mass is 16.6. The molecule has 9 nitrogen and oxygen atoms in total. The summed E-state index contributed by atoms with van der Waals surface area (Å²) in [7, 11) is 1.65. The number of rotatable bonds is 4. The quantitative estimate of drug-likeness (QED) is 0.670. The Hall–Kier alpha value is -2.16. The molecule has 0 saturated carbocycles. The first-order chi connectivity index (χ1) is 10.7. The molecule has 128 valence electrons. The standard InChI is InChI=1S/C14H22N4O5/c1-14(2,3)23-13(19)15-7-9-5-6-11(22-9)12-10(18(20)21)8-16-17(12)4/h8-9,11H,5-7H2,1-4H3,(H,15,19). The molecule has 2 atom stereocenters. The van der Waals surface area contributed by atoms with Crippen molar-refractivity contribution in [2.45, 2.75) is 51.4 Å². The topological polar surface area (TPSA) is 109 Å². The average Bonchev–Trinajstić information content (AvgIpc) is 3.00. The van der Waals surface area contributed by atoms with Crippen molar-refractivity contribution < 1.29 is 19.2 Å². The molecule has 0 radical (unpaired) electrons. The lowest BCUT2D eigenvalue weighted by molar-refractivity contribution is -0.386. The van der Waals surface area contributed by atoms with Crippen molar-refractivity contribution in [3.05, 3.63) is 22.0 Å². The van der Waals surface area contributed by atoms with E-state index in [0.717, 1.165) is 0 Å². The molecule has 0 bridgehead atoms. The number of amides is 1. The van der Waals surface area contributed by atoms with Gasteiger partial charge < -0.3 is 14.8 Å². The molecule has 0 aliphatic carbocycles. The number of nitro groups is 1. The van der Waals surface area contributed by atoms with E-state index in [4.69, 9.17) is 9.47 Å². The van der Waals surface area contributed by atoms with Crippen molar-refractivity contribution in [2.75, 3.05) is 6.54 Å². The van der Waals surface area contributed by atoms with Gasteiger partial charge in [-0.3, -0.25) is 14.8 Å². The van der Waals surface area contributed by atoms with E-state index in [2.05, 4.69) is 10.4 Å². The van der Waals surface area contributed by atoms with Crippen LogP contribution in [0, 0.1) is 10.1 Å². The molecular weight excluding hydrogens is 304 g/mol. The number of carbonyl (C=O) groups is 1. The van der Waals surface area contributed by atoms with E-state index < -0.39 is 22.7 Å². The Morgan fingerprint density at radius 2 is 2.26 bits per heavy atom. The second-order valence-corrected chi connectivity index (χ2v) is 6.50. The summed E-state index contributed by atoms with van der Waals surface area (Å²) in [5, 5.41) is 17.6. The Kier molecular flexibility index (Phi) is 4.88. The van der Waals surface area contributed by atoms with E-state index in [0.29, 0.717) is 25.1 Å². The SMILES string of the molecule is Cn1ncc([N+](=O)[O-])c1C1CCC(CNC(=O)OC(C)(C)C)O1. The van der Waals surface area contributed by atoms with Crippen LogP contribution in [0.15, 0.2) is 6.20 Å². The lowest BCUT2D eigenvalue weighted by Gasteiger charge is -2.20. The van der Waals surface area contributed by atoms with Crippen LogP contribution in [0.3, 0.4) is 0 Å². The third kappa shape index (κ3) is 4.41. The van der Waals surface area contributed by atoms with Crippen LogP contribution < -0.4 is 5.32 Å². The van der Waals surface area contributed by atoms with Gasteiger partial charge in [0.05, 0.1) is 11.0 Å². The fourth-order valence-electron chi connectivity index (χ4n) is 2.52. The van der Waals surface area contributed by atoms with Crippen LogP contribution in [0.4, 0.5) is 10.5 Å². The highest BCUT2D eigenvalue weighted by Crippen LogP contribution is 2.36. The lowest BCUT2D eigenvalue weighted by Crippen LogP contribution is -2.36. The third-order valence-electron chi connectivity index (χ3n) is 3.45. The molecule has 1 N–H and O–H groups in total. The first-order valence-electron chi connectivity index (χ1n) is 7.46. The fraction of sp³-hybridized carbons (Fsp3) is 0.714. The summed E-state index contributed by atoms with van der Waals surface area (Å²) in [6.07, 6.45) is 1.46. The molecule has 1 aromatic rings. The third-order valence-corrected chi connectivity index (χ3v) is 3.45. The number of carbonyl (C=O) groups excluding carboxylic acids is 1. The van der Waals surface area contributed by atoms with Crippen LogP contribution >= 0.6 is 0 Å². The zero-order valence-corrected chi connectivity index (χ0v) is 13.7. The first-order valence-corrected chi connectivity index (χ1v) is 7.46. The zero-order valence-electron chi connectivity index (χ0n) is 13.7. The molecule has 0 spiro atoms. The van der Waals surface area contributed by atoms with Gasteiger partial charge in [-0.15, -0.1) is 0 Å². The number of nitrogens with one attached hydrogen (secondary N) is 1. The summed E-state index contributed by atoms with van der Waals surface area (Å²) in [5.74, 6) is 0. The number of alkyl carbamates (subject to hydrolysis) is 1. The van der Waals surface area contributed by atoms with Crippen LogP contribution in [0.25, 0.3) is 0 Å². The first kappa shape index (κ1) is 17.2. The number of ether oxygens (including phenoxy) is 2. The van der Waals surface area contributed by atoms with E-state index >= 15 is 0 Å². The Morgan fingerprint density at radius 3 is 2.87 bits per heavy atom. The van der Waals surface area contributed by atoms with Crippen molar-refractivity contribution >= 4 is 11.8 Å². The normalized spacial score (nSPS) is 21.2. The Balaban J connectivity index is 1.91. The summed E-state index contributed by atoms with van der Waals surface area (Å²) in [6, 6.07) is 0. The minimum Gasteiger partial charge on any atom is -0.444 e. The van der Waals surface area contributed by atoms with Crippen LogP contribution in [0.2, 0.25) is 0 Å². The second-order valence-electron chi connectivity index (χ2n) is 6.50. The Bertz CT molecular complexity index is 592. The molecule has 1 fully saturated rings. The van der Waals surface area contributed by atoms with Crippen LogP contribution in [0.1, 0.15) is 45.4 Å². The second kappa shape index (κ2) is 6.53. The molecule has 2 unspecified atom stereocenters. The predicted molar refractivity (Wildman–Crippen MR) is 80.9 cm³/mol. The van der Waals surface area contributed by atoms with E-state index in [1.165, 1.54) is 10.9 Å². The molecule has 0 aromatic carbocycles. The van der Waals surface area contributed by atoms with Crippen LogP contribution in [0.5, 0.6) is 0 Å². The highest BCUT2D eigenvalue weighted by Gasteiger charge is 2.34. The minimum absolute atomic E-state index is 0.0433. The molecule has 1 saturated heterocycles. The largest absolute Gasteiger partial charge is 0.444 e. The number of aryl methyl sites for hydroxylation is 1. The zero-order chi connectivity index (χ0) is 17.2. The lowest BCUT2D eigenvalue weighted by atomic mass is 10.1. The molecule has 1 amide bonds. The van der Waals surface area contributed by atoms with Crippen LogP contribution in [-0.4, -0.2) is 39.0 Å². The van der Waals surface area contributed by atoms with Crippen molar-refractivity contribution in [3.63, 3.8) is 0 Å². The van der Waals surface area contributed by atoms with Gasteiger partial charge in [0.1, 0.15) is 23.6 Å². The summed E-state index contributed by atoms with van der Waals surface area (Å²) in [4.78, 5) is 22.2. The van der Waals surface area contributed by atoms with Crippen molar-refractivity contribution in [1.29, 1.82) is 0 Å². The number of nitrogens with zero attached hydrogens (tertiary/aromatic N) is 3. The maximum atomic E-state index is 11.6. The van der Waals surface area contributed by atoms with Crippen LogP contribution in [-0.2, 0) is 16.5 Å². The summed E-state index contributed by atoms with van der Waals surface area (Å²) in [5.41, 5.74) is -0.147. The molecule has 1 aliphatic rings. The molecule has 1 aromatic heterocycles. The molecule has 2 heterocycles.